The molecule has 3 fully saturated rings. The summed E-state index contributed by atoms with van der Waals surface area (Å²) >= 11 is 0. The second-order valence-corrected chi connectivity index (χ2v) is 12.6. The van der Waals surface area contributed by atoms with Crippen LogP contribution in [0.2, 0.25) is 0 Å². The van der Waals surface area contributed by atoms with Crippen LogP contribution in [0.4, 0.5) is 0 Å². The highest BCUT2D eigenvalue weighted by Crippen LogP contribution is 2.67. The summed E-state index contributed by atoms with van der Waals surface area (Å²) in [6.45, 7) is 4.60. The van der Waals surface area contributed by atoms with Crippen molar-refractivity contribution in [1.29, 1.82) is 0 Å². The van der Waals surface area contributed by atoms with Crippen LogP contribution >= 0.6 is 0 Å². The minimum Gasteiger partial charge on any atom is -0.433 e. The molecular formula is C23H31NO4S. The smallest absolute Gasteiger partial charge is 0.315 e. The monoisotopic (exact) mass is 417 g/mol. The van der Waals surface area contributed by atoms with Crippen LogP contribution in [0.5, 0.6) is 0 Å². The van der Waals surface area contributed by atoms with Crippen molar-refractivity contribution in [2.24, 2.45) is 34.5 Å². The summed E-state index contributed by atoms with van der Waals surface area (Å²) in [6.07, 6.45) is 14.5. The van der Waals surface area contributed by atoms with E-state index in [2.05, 4.69) is 24.8 Å². The van der Waals surface area contributed by atoms with E-state index in [0.717, 1.165) is 62.7 Å². The van der Waals surface area contributed by atoms with E-state index in [1.165, 1.54) is 0 Å². The summed E-state index contributed by atoms with van der Waals surface area (Å²) in [7, 11) is -3.43. The molecular weight excluding hydrogens is 386 g/mol. The third-order valence-corrected chi connectivity index (χ3v) is 10.3. The van der Waals surface area contributed by atoms with Crippen LogP contribution in [-0.4, -0.2) is 30.4 Å². The number of aliphatic hydroxyl groups is 1. The summed E-state index contributed by atoms with van der Waals surface area (Å²) in [4.78, 5) is 4.39. The molecule has 4 aliphatic rings. The lowest BCUT2D eigenvalue weighted by Gasteiger charge is -2.60. The molecule has 6 heteroatoms. The zero-order valence-electron chi connectivity index (χ0n) is 17.6. The fourth-order valence-corrected chi connectivity index (χ4v) is 8.33. The summed E-state index contributed by atoms with van der Waals surface area (Å²) in [5.41, 5.74) is -0.232. The molecule has 0 radical (unpaired) electrons. The van der Waals surface area contributed by atoms with Crippen LogP contribution in [0.3, 0.4) is 0 Å². The second-order valence-electron chi connectivity index (χ2n) is 10.7. The maximum absolute atomic E-state index is 11.9. The standard InChI is InChI=1S/C23H31NO4S/c1-5-23(25)11-9-17-15-7-6-14-12-19-18(24-20(28-19)29(4,26)27)13-21(14,2)16(15)8-10-22(17,23)3/h1,14-17,25H,6-13H2,2-4H3/t14?,15?,16?,17?,21-,22-,23-/m0/s1. The molecule has 1 aromatic heterocycles. The second kappa shape index (κ2) is 5.88. The first kappa shape index (κ1) is 19.6. The van der Waals surface area contributed by atoms with Gasteiger partial charge >= 0.3 is 5.22 Å². The van der Waals surface area contributed by atoms with Crippen molar-refractivity contribution in [2.75, 3.05) is 6.26 Å². The average Bonchev–Trinajstić information content (AvgIpc) is 3.18. The van der Waals surface area contributed by atoms with Gasteiger partial charge in [-0.1, -0.05) is 19.8 Å². The number of nitrogens with zero attached hydrogens (tertiary/aromatic N) is 1. The molecule has 29 heavy (non-hydrogen) atoms. The van der Waals surface area contributed by atoms with E-state index < -0.39 is 15.4 Å². The fraction of sp³-hybridized carbons (Fsp3) is 0.783. The first-order valence-corrected chi connectivity index (χ1v) is 12.8. The van der Waals surface area contributed by atoms with Gasteiger partial charge in [-0.05, 0) is 74.0 Å². The van der Waals surface area contributed by atoms with Gasteiger partial charge in [0.05, 0.1) is 5.69 Å². The van der Waals surface area contributed by atoms with Gasteiger partial charge in [0.15, 0.2) is 0 Å². The molecule has 7 atom stereocenters. The largest absolute Gasteiger partial charge is 0.433 e. The van der Waals surface area contributed by atoms with Crippen molar-refractivity contribution in [3.8, 4) is 12.3 Å². The SMILES string of the molecule is C#C[C@]1(O)CCC2C3CCC4Cc5oc(S(C)(=O)=O)nc5C[C@]4(C)C3CC[C@@]21C. The van der Waals surface area contributed by atoms with Gasteiger partial charge in [-0.2, -0.15) is 0 Å². The molecule has 0 spiro atoms. The van der Waals surface area contributed by atoms with Crippen molar-refractivity contribution in [2.45, 2.75) is 76.0 Å². The van der Waals surface area contributed by atoms with Crippen LogP contribution in [0.15, 0.2) is 9.64 Å². The van der Waals surface area contributed by atoms with E-state index in [-0.39, 0.29) is 16.1 Å². The van der Waals surface area contributed by atoms with Crippen LogP contribution in [0, 0.1) is 46.8 Å². The molecule has 5 rings (SSSR count). The Labute approximate surface area is 173 Å². The number of aromatic nitrogens is 1. The van der Waals surface area contributed by atoms with Gasteiger partial charge in [0, 0.05) is 18.1 Å². The quantitative estimate of drug-likeness (QED) is 0.709. The third-order valence-electron chi connectivity index (χ3n) is 9.51. The van der Waals surface area contributed by atoms with Crippen molar-refractivity contribution in [3.63, 3.8) is 0 Å². The lowest BCUT2D eigenvalue weighted by atomic mass is 9.44. The van der Waals surface area contributed by atoms with Gasteiger partial charge in [-0.3, -0.25) is 0 Å². The molecule has 5 nitrogen and oxygen atoms in total. The number of hydrogen-bond acceptors (Lipinski definition) is 5. The van der Waals surface area contributed by atoms with Gasteiger partial charge in [-0.15, -0.1) is 6.42 Å². The number of terminal acetylenes is 1. The first-order valence-electron chi connectivity index (χ1n) is 10.9. The Morgan fingerprint density at radius 2 is 1.90 bits per heavy atom. The summed E-state index contributed by atoms with van der Waals surface area (Å²) in [6, 6.07) is 0. The molecule has 4 unspecified atom stereocenters. The zero-order valence-corrected chi connectivity index (χ0v) is 18.4. The lowest BCUT2D eigenvalue weighted by molar-refractivity contribution is -0.128. The molecule has 0 aromatic carbocycles. The Bertz CT molecular complexity index is 1010. The Morgan fingerprint density at radius 3 is 2.59 bits per heavy atom. The molecule has 0 amide bonds. The van der Waals surface area contributed by atoms with E-state index in [1.54, 1.807) is 0 Å². The lowest BCUT2D eigenvalue weighted by Crippen LogP contribution is -2.56. The topological polar surface area (TPSA) is 80.4 Å². The van der Waals surface area contributed by atoms with Crippen LogP contribution in [-0.2, 0) is 22.7 Å². The first-order chi connectivity index (χ1) is 13.5. The van der Waals surface area contributed by atoms with Gasteiger partial charge in [0.2, 0.25) is 9.84 Å². The summed E-state index contributed by atoms with van der Waals surface area (Å²) in [5.74, 6) is 5.61. The fourth-order valence-electron chi connectivity index (χ4n) is 7.80. The van der Waals surface area contributed by atoms with Gasteiger partial charge in [0.25, 0.3) is 0 Å². The number of rotatable bonds is 1. The third kappa shape index (κ3) is 2.50. The molecule has 0 aliphatic heterocycles. The van der Waals surface area contributed by atoms with E-state index in [0.29, 0.717) is 30.1 Å². The minimum absolute atomic E-state index is 0.0970. The molecule has 0 saturated heterocycles. The molecule has 4 aliphatic carbocycles. The molecule has 0 bridgehead atoms. The van der Waals surface area contributed by atoms with Gasteiger partial charge in [0.1, 0.15) is 11.4 Å². The van der Waals surface area contributed by atoms with Crippen molar-refractivity contribution >= 4 is 9.84 Å². The van der Waals surface area contributed by atoms with Crippen molar-refractivity contribution in [3.05, 3.63) is 11.5 Å². The number of fused-ring (bicyclic) bond motifs is 6. The number of sulfone groups is 1. The van der Waals surface area contributed by atoms with Crippen molar-refractivity contribution in [1.82, 2.24) is 4.98 Å². The zero-order chi connectivity index (χ0) is 20.8. The predicted molar refractivity (Wildman–Crippen MR) is 109 cm³/mol. The predicted octanol–water partition coefficient (Wildman–Crippen LogP) is 3.40. The van der Waals surface area contributed by atoms with Gasteiger partial charge in [-0.25, -0.2) is 13.4 Å². The molecule has 1 N–H and O–H groups in total. The molecule has 3 saturated carbocycles. The molecule has 1 heterocycles. The van der Waals surface area contributed by atoms with Gasteiger partial charge < -0.3 is 9.52 Å². The maximum Gasteiger partial charge on any atom is 0.315 e. The molecule has 158 valence electrons. The van der Waals surface area contributed by atoms with E-state index in [9.17, 15) is 13.5 Å². The Hall–Kier alpha value is -1.32. The van der Waals surface area contributed by atoms with E-state index >= 15 is 0 Å². The highest BCUT2D eigenvalue weighted by atomic mass is 32.2. The highest BCUT2D eigenvalue weighted by molar-refractivity contribution is 7.90. The van der Waals surface area contributed by atoms with Crippen LogP contribution in [0.25, 0.3) is 0 Å². The Kier molecular flexibility index (Phi) is 3.98. The van der Waals surface area contributed by atoms with Crippen LogP contribution < -0.4 is 0 Å². The highest BCUT2D eigenvalue weighted by Gasteiger charge is 2.64. The average molecular weight is 418 g/mol. The van der Waals surface area contributed by atoms with E-state index in [4.69, 9.17) is 10.8 Å². The Balaban J connectivity index is 1.49. The van der Waals surface area contributed by atoms with Crippen LogP contribution in [0.1, 0.15) is 63.8 Å². The maximum atomic E-state index is 11.9. The molecule has 1 aromatic rings. The number of oxazole rings is 1. The normalized spacial score (nSPS) is 46.2. The summed E-state index contributed by atoms with van der Waals surface area (Å²) < 4.78 is 29.5. The Morgan fingerprint density at radius 1 is 1.17 bits per heavy atom. The number of hydrogen-bond donors (Lipinski definition) is 1. The summed E-state index contributed by atoms with van der Waals surface area (Å²) in [5, 5.41) is 11.0. The minimum atomic E-state index is -3.43. The van der Waals surface area contributed by atoms with Crippen molar-refractivity contribution < 1.29 is 17.9 Å². The van der Waals surface area contributed by atoms with E-state index in [1.807, 2.05) is 0 Å².